The van der Waals surface area contributed by atoms with Gasteiger partial charge in [0.05, 0.1) is 0 Å². The van der Waals surface area contributed by atoms with E-state index in [2.05, 4.69) is 36.1 Å². The van der Waals surface area contributed by atoms with Crippen LogP contribution in [0.5, 0.6) is 0 Å². The van der Waals surface area contributed by atoms with Crippen molar-refractivity contribution in [3.05, 3.63) is 0 Å². The largest absolute Gasteiger partial charge is 0.314 e. The van der Waals surface area contributed by atoms with Crippen molar-refractivity contribution in [3.8, 4) is 0 Å². The molecule has 0 spiro atoms. The topological polar surface area (TPSA) is 18.5 Å². The Hall–Kier alpha value is -0.120. The monoisotopic (exact) mass is 281 g/mol. The Labute approximate surface area is 126 Å². The van der Waals surface area contributed by atoms with Crippen LogP contribution in [0.25, 0.3) is 0 Å². The molecule has 1 saturated carbocycles. The van der Waals surface area contributed by atoms with E-state index in [9.17, 15) is 0 Å². The first-order valence-corrected chi connectivity index (χ1v) is 8.83. The Balaban J connectivity index is 1.70. The van der Waals surface area contributed by atoms with E-state index >= 15 is 0 Å². The van der Waals surface area contributed by atoms with Gasteiger partial charge in [-0.05, 0) is 78.2 Å². The number of nitrogens with zero attached hydrogens (tertiary/aromatic N) is 2. The zero-order valence-corrected chi connectivity index (χ0v) is 13.9. The minimum atomic E-state index is 0.789. The molecular formula is C17H35N3. The molecule has 3 unspecified atom stereocenters. The third-order valence-electron chi connectivity index (χ3n) is 5.39. The highest BCUT2D eigenvalue weighted by Crippen LogP contribution is 2.29. The fourth-order valence-corrected chi connectivity index (χ4v) is 4.03. The lowest BCUT2D eigenvalue weighted by atomic mass is 9.98. The molecule has 20 heavy (non-hydrogen) atoms. The van der Waals surface area contributed by atoms with Crippen molar-refractivity contribution in [1.29, 1.82) is 0 Å². The molecule has 0 aromatic rings. The second-order valence-corrected chi connectivity index (χ2v) is 7.08. The molecule has 2 fully saturated rings. The highest BCUT2D eigenvalue weighted by Gasteiger charge is 2.27. The zero-order chi connectivity index (χ0) is 14.4. The molecule has 1 saturated heterocycles. The Kier molecular flexibility index (Phi) is 6.79. The standard InChI is InChI=1S/C17H35N3/c1-4-11-18-17-9-5-7-15(17)10-13-20(3)16-8-6-12-19(2)14-16/h15-18H,4-14H2,1-3H3. The zero-order valence-electron chi connectivity index (χ0n) is 13.9. The number of rotatable bonds is 7. The molecular weight excluding hydrogens is 246 g/mol. The van der Waals surface area contributed by atoms with Crippen molar-refractivity contribution in [2.24, 2.45) is 5.92 Å². The summed E-state index contributed by atoms with van der Waals surface area (Å²) >= 11 is 0. The van der Waals surface area contributed by atoms with Gasteiger partial charge in [0, 0.05) is 18.6 Å². The van der Waals surface area contributed by atoms with E-state index in [0.29, 0.717) is 0 Å². The van der Waals surface area contributed by atoms with Crippen LogP contribution in [0.3, 0.4) is 0 Å². The van der Waals surface area contributed by atoms with E-state index in [-0.39, 0.29) is 0 Å². The van der Waals surface area contributed by atoms with Crippen LogP contribution in [0.2, 0.25) is 0 Å². The maximum Gasteiger partial charge on any atom is 0.0220 e. The molecule has 0 amide bonds. The van der Waals surface area contributed by atoms with Crippen molar-refractivity contribution in [2.75, 3.05) is 40.3 Å². The normalized spacial score (nSPS) is 32.1. The molecule has 2 aliphatic rings. The van der Waals surface area contributed by atoms with Gasteiger partial charge in [-0.25, -0.2) is 0 Å². The predicted molar refractivity (Wildman–Crippen MR) is 87.2 cm³/mol. The lowest BCUT2D eigenvalue weighted by Gasteiger charge is -2.36. The predicted octanol–water partition coefficient (Wildman–Crippen LogP) is 2.57. The Morgan fingerprint density at radius 3 is 2.80 bits per heavy atom. The van der Waals surface area contributed by atoms with Crippen LogP contribution in [-0.2, 0) is 0 Å². The minimum Gasteiger partial charge on any atom is -0.314 e. The van der Waals surface area contributed by atoms with Gasteiger partial charge < -0.3 is 15.1 Å². The minimum absolute atomic E-state index is 0.789. The van der Waals surface area contributed by atoms with Crippen LogP contribution < -0.4 is 5.32 Å². The van der Waals surface area contributed by atoms with Crippen molar-refractivity contribution < 1.29 is 0 Å². The lowest BCUT2D eigenvalue weighted by molar-refractivity contribution is 0.127. The summed E-state index contributed by atoms with van der Waals surface area (Å²) < 4.78 is 0. The maximum absolute atomic E-state index is 3.76. The van der Waals surface area contributed by atoms with E-state index in [1.54, 1.807) is 0 Å². The van der Waals surface area contributed by atoms with Crippen LogP contribution in [0.4, 0.5) is 0 Å². The van der Waals surface area contributed by atoms with Gasteiger partial charge >= 0.3 is 0 Å². The third-order valence-corrected chi connectivity index (χ3v) is 5.39. The van der Waals surface area contributed by atoms with E-state index < -0.39 is 0 Å². The van der Waals surface area contributed by atoms with Gasteiger partial charge in [-0.15, -0.1) is 0 Å². The molecule has 3 heteroatoms. The smallest absolute Gasteiger partial charge is 0.0220 e. The van der Waals surface area contributed by atoms with Gasteiger partial charge in [-0.1, -0.05) is 13.3 Å². The highest BCUT2D eigenvalue weighted by molar-refractivity contribution is 4.85. The average molecular weight is 281 g/mol. The summed E-state index contributed by atoms with van der Waals surface area (Å²) in [5.74, 6) is 0.922. The fourth-order valence-electron chi connectivity index (χ4n) is 4.03. The first-order valence-electron chi connectivity index (χ1n) is 8.83. The average Bonchev–Trinajstić information content (AvgIpc) is 2.90. The molecule has 0 bridgehead atoms. The molecule has 118 valence electrons. The van der Waals surface area contributed by atoms with E-state index in [4.69, 9.17) is 0 Å². The molecule has 3 nitrogen and oxygen atoms in total. The highest BCUT2D eigenvalue weighted by atomic mass is 15.2. The lowest BCUT2D eigenvalue weighted by Crippen LogP contribution is -2.45. The summed E-state index contributed by atoms with van der Waals surface area (Å²) in [6.07, 6.45) is 9.69. The van der Waals surface area contributed by atoms with Crippen LogP contribution in [0.15, 0.2) is 0 Å². The SMILES string of the molecule is CCCNC1CCCC1CCN(C)C1CCCN(C)C1. The third kappa shape index (κ3) is 4.71. The van der Waals surface area contributed by atoms with E-state index in [1.165, 1.54) is 71.1 Å². The molecule has 3 atom stereocenters. The summed E-state index contributed by atoms with van der Waals surface area (Å²) in [7, 11) is 4.61. The first kappa shape index (κ1) is 16.3. The summed E-state index contributed by atoms with van der Waals surface area (Å²) in [5.41, 5.74) is 0. The van der Waals surface area contributed by atoms with Crippen LogP contribution >= 0.6 is 0 Å². The molecule has 2 rings (SSSR count). The van der Waals surface area contributed by atoms with Crippen LogP contribution in [0, 0.1) is 5.92 Å². The van der Waals surface area contributed by atoms with Crippen LogP contribution in [0.1, 0.15) is 51.9 Å². The fraction of sp³-hybridized carbons (Fsp3) is 1.00. The summed E-state index contributed by atoms with van der Waals surface area (Å²) in [5, 5.41) is 3.76. The Morgan fingerprint density at radius 1 is 1.20 bits per heavy atom. The molecule has 0 aromatic heterocycles. The summed E-state index contributed by atoms with van der Waals surface area (Å²) in [6, 6.07) is 1.59. The quantitative estimate of drug-likeness (QED) is 0.774. The molecule has 1 N–H and O–H groups in total. The van der Waals surface area contributed by atoms with Crippen LogP contribution in [-0.4, -0.2) is 62.2 Å². The molecule has 0 aromatic carbocycles. The number of likely N-dealkylation sites (tertiary alicyclic amines) is 1. The number of hydrogen-bond acceptors (Lipinski definition) is 3. The summed E-state index contributed by atoms with van der Waals surface area (Å²) in [4.78, 5) is 5.12. The number of hydrogen-bond donors (Lipinski definition) is 1. The molecule has 1 aliphatic carbocycles. The number of piperidine rings is 1. The van der Waals surface area contributed by atoms with Crippen molar-refractivity contribution in [2.45, 2.75) is 64.0 Å². The van der Waals surface area contributed by atoms with E-state index in [0.717, 1.165) is 18.0 Å². The first-order chi connectivity index (χ1) is 9.70. The summed E-state index contributed by atoms with van der Waals surface area (Å²) in [6.45, 7) is 7.30. The van der Waals surface area contributed by atoms with Crippen molar-refractivity contribution in [1.82, 2.24) is 15.1 Å². The molecule has 1 heterocycles. The number of nitrogens with one attached hydrogen (secondary N) is 1. The van der Waals surface area contributed by atoms with Crippen molar-refractivity contribution >= 4 is 0 Å². The molecule has 1 aliphatic heterocycles. The van der Waals surface area contributed by atoms with Gasteiger partial charge in [0.25, 0.3) is 0 Å². The maximum atomic E-state index is 3.76. The van der Waals surface area contributed by atoms with Gasteiger partial charge in [0.1, 0.15) is 0 Å². The van der Waals surface area contributed by atoms with Gasteiger partial charge in [0.2, 0.25) is 0 Å². The second-order valence-electron chi connectivity index (χ2n) is 7.08. The second kappa shape index (κ2) is 8.35. The Morgan fingerprint density at radius 2 is 2.05 bits per heavy atom. The van der Waals surface area contributed by atoms with Crippen molar-refractivity contribution in [3.63, 3.8) is 0 Å². The van der Waals surface area contributed by atoms with Gasteiger partial charge in [0.15, 0.2) is 0 Å². The van der Waals surface area contributed by atoms with E-state index in [1.807, 2.05) is 0 Å². The number of likely N-dealkylation sites (N-methyl/N-ethyl adjacent to an activating group) is 2. The Bertz CT molecular complexity index is 269. The van der Waals surface area contributed by atoms with Gasteiger partial charge in [-0.3, -0.25) is 0 Å². The van der Waals surface area contributed by atoms with Gasteiger partial charge in [-0.2, -0.15) is 0 Å². The molecule has 0 radical (unpaired) electrons.